The molecule has 1 amide bonds. The summed E-state index contributed by atoms with van der Waals surface area (Å²) in [5.41, 5.74) is 0.908. The van der Waals surface area contributed by atoms with Gasteiger partial charge in [0.2, 0.25) is 5.91 Å². The highest BCUT2D eigenvalue weighted by Gasteiger charge is 2.26. The number of nitrogens with one attached hydrogen (secondary N) is 2. The molecule has 8 heteroatoms. The number of aliphatic imine (C=N–C) groups is 1. The molecule has 0 aromatic heterocycles. The number of carbonyl (C=O) groups excluding carboxylic acids is 1. The van der Waals surface area contributed by atoms with Crippen molar-refractivity contribution in [3.8, 4) is 11.5 Å². The third-order valence-electron chi connectivity index (χ3n) is 5.11. The zero-order chi connectivity index (χ0) is 19.8. The van der Waals surface area contributed by atoms with E-state index >= 15 is 0 Å². The van der Waals surface area contributed by atoms with Crippen molar-refractivity contribution in [2.45, 2.75) is 52.0 Å². The van der Waals surface area contributed by atoms with Crippen LogP contribution in [0.3, 0.4) is 0 Å². The summed E-state index contributed by atoms with van der Waals surface area (Å²) in [5.74, 6) is 2.57. The molecule has 1 aromatic rings. The molecule has 1 fully saturated rings. The molecular formula is C21H33IN4O3. The molecule has 1 saturated heterocycles. The number of carbonyl (C=O) groups is 1. The minimum atomic E-state index is 0. The van der Waals surface area contributed by atoms with Gasteiger partial charge in [0.25, 0.3) is 0 Å². The fourth-order valence-corrected chi connectivity index (χ4v) is 3.65. The first-order chi connectivity index (χ1) is 13.7. The lowest BCUT2D eigenvalue weighted by atomic mass is 10.1. The Morgan fingerprint density at radius 1 is 1.21 bits per heavy atom. The SMILES string of the molecule is CCNC(=NCCC(CC)N1CCCC1=O)Nc1ccc2c(c1)OCCCO2.I. The van der Waals surface area contributed by atoms with Crippen molar-refractivity contribution >= 4 is 41.5 Å². The molecule has 0 aliphatic carbocycles. The molecule has 2 aliphatic rings. The predicted molar refractivity (Wildman–Crippen MR) is 127 cm³/mol. The lowest BCUT2D eigenvalue weighted by Gasteiger charge is -2.26. The Labute approximate surface area is 190 Å². The fourth-order valence-electron chi connectivity index (χ4n) is 3.65. The quantitative estimate of drug-likeness (QED) is 0.329. The summed E-state index contributed by atoms with van der Waals surface area (Å²) in [5, 5.41) is 6.62. The minimum absolute atomic E-state index is 0. The topological polar surface area (TPSA) is 75.2 Å². The maximum absolute atomic E-state index is 12.0. The number of guanidine groups is 1. The lowest BCUT2D eigenvalue weighted by molar-refractivity contribution is -0.129. The van der Waals surface area contributed by atoms with Gasteiger partial charge in [0.05, 0.1) is 13.2 Å². The van der Waals surface area contributed by atoms with Crippen molar-refractivity contribution in [3.05, 3.63) is 18.2 Å². The van der Waals surface area contributed by atoms with Crippen LogP contribution in [0.1, 0.15) is 46.0 Å². The molecule has 29 heavy (non-hydrogen) atoms. The number of rotatable bonds is 7. The molecule has 2 aliphatic heterocycles. The number of hydrogen-bond donors (Lipinski definition) is 2. The van der Waals surface area contributed by atoms with Gasteiger partial charge in [-0.2, -0.15) is 0 Å². The van der Waals surface area contributed by atoms with Gasteiger partial charge in [-0.05, 0) is 38.3 Å². The van der Waals surface area contributed by atoms with Gasteiger partial charge in [0, 0.05) is 50.3 Å². The average molecular weight is 516 g/mol. The van der Waals surface area contributed by atoms with Crippen molar-refractivity contribution in [1.29, 1.82) is 0 Å². The molecule has 1 unspecified atom stereocenters. The van der Waals surface area contributed by atoms with Crippen LogP contribution >= 0.6 is 24.0 Å². The Bertz CT molecular complexity index is 699. The van der Waals surface area contributed by atoms with E-state index in [0.29, 0.717) is 26.2 Å². The van der Waals surface area contributed by atoms with Crippen molar-refractivity contribution in [2.24, 2.45) is 4.99 Å². The smallest absolute Gasteiger partial charge is 0.222 e. The van der Waals surface area contributed by atoms with E-state index in [1.807, 2.05) is 30.0 Å². The molecule has 0 bridgehead atoms. The summed E-state index contributed by atoms with van der Waals surface area (Å²) < 4.78 is 11.4. The summed E-state index contributed by atoms with van der Waals surface area (Å²) in [7, 11) is 0. The summed E-state index contributed by atoms with van der Waals surface area (Å²) >= 11 is 0. The molecular weight excluding hydrogens is 483 g/mol. The van der Waals surface area contributed by atoms with Gasteiger partial charge < -0.3 is 25.0 Å². The standard InChI is InChI=1S/C21H32N4O3.HI/c1-3-17(25-12-5-7-20(25)26)10-11-23-21(22-4-2)24-16-8-9-18-19(15-16)28-14-6-13-27-18;/h8-9,15,17H,3-7,10-14H2,1-2H3,(H2,22,23,24);1H. The summed E-state index contributed by atoms with van der Waals surface area (Å²) in [6.07, 6.45) is 4.40. The monoisotopic (exact) mass is 516 g/mol. The van der Waals surface area contributed by atoms with Crippen LogP contribution in [0.4, 0.5) is 5.69 Å². The number of anilines is 1. The molecule has 2 heterocycles. The van der Waals surface area contributed by atoms with Crippen LogP contribution in [0.25, 0.3) is 0 Å². The largest absolute Gasteiger partial charge is 0.490 e. The molecule has 1 aromatic carbocycles. The van der Waals surface area contributed by atoms with E-state index in [2.05, 4.69) is 17.6 Å². The predicted octanol–water partition coefficient (Wildman–Crippen LogP) is 3.63. The minimum Gasteiger partial charge on any atom is -0.490 e. The van der Waals surface area contributed by atoms with Gasteiger partial charge in [-0.3, -0.25) is 9.79 Å². The molecule has 162 valence electrons. The second kappa shape index (κ2) is 12.1. The highest BCUT2D eigenvalue weighted by Crippen LogP contribution is 2.32. The van der Waals surface area contributed by atoms with Crippen LogP contribution in [0.5, 0.6) is 11.5 Å². The van der Waals surface area contributed by atoms with Crippen molar-refractivity contribution in [1.82, 2.24) is 10.2 Å². The highest BCUT2D eigenvalue weighted by molar-refractivity contribution is 14.0. The Hall–Kier alpha value is -1.71. The average Bonchev–Trinajstić information content (AvgIpc) is 2.98. The Morgan fingerprint density at radius 2 is 2.00 bits per heavy atom. The van der Waals surface area contributed by atoms with Crippen LogP contribution in [-0.4, -0.2) is 55.7 Å². The van der Waals surface area contributed by atoms with Gasteiger partial charge in [0.15, 0.2) is 17.5 Å². The number of likely N-dealkylation sites (tertiary alicyclic amines) is 1. The maximum atomic E-state index is 12.0. The van der Waals surface area contributed by atoms with Gasteiger partial charge >= 0.3 is 0 Å². The number of amides is 1. The van der Waals surface area contributed by atoms with E-state index in [1.54, 1.807) is 0 Å². The zero-order valence-electron chi connectivity index (χ0n) is 17.4. The van der Waals surface area contributed by atoms with E-state index in [4.69, 9.17) is 14.5 Å². The number of halogens is 1. The molecule has 0 saturated carbocycles. The number of ether oxygens (including phenoxy) is 2. The van der Waals surface area contributed by atoms with Gasteiger partial charge in [-0.15, -0.1) is 24.0 Å². The van der Waals surface area contributed by atoms with Gasteiger partial charge in [0.1, 0.15) is 0 Å². The first-order valence-corrected chi connectivity index (χ1v) is 10.5. The zero-order valence-corrected chi connectivity index (χ0v) is 19.7. The van der Waals surface area contributed by atoms with Crippen LogP contribution in [0.15, 0.2) is 23.2 Å². The third-order valence-corrected chi connectivity index (χ3v) is 5.11. The summed E-state index contributed by atoms with van der Waals surface area (Å²) in [6.45, 7) is 7.86. The maximum Gasteiger partial charge on any atom is 0.222 e. The van der Waals surface area contributed by atoms with E-state index in [0.717, 1.165) is 61.9 Å². The first-order valence-electron chi connectivity index (χ1n) is 10.5. The lowest BCUT2D eigenvalue weighted by Crippen LogP contribution is -2.36. The molecule has 3 rings (SSSR count). The van der Waals surface area contributed by atoms with Crippen LogP contribution in [0, 0.1) is 0 Å². The summed E-state index contributed by atoms with van der Waals surface area (Å²) in [4.78, 5) is 18.7. The molecule has 7 nitrogen and oxygen atoms in total. The molecule has 2 N–H and O–H groups in total. The Balaban J connectivity index is 0.00000300. The molecule has 1 atom stereocenters. The van der Waals surface area contributed by atoms with Gasteiger partial charge in [-0.25, -0.2) is 0 Å². The Morgan fingerprint density at radius 3 is 2.69 bits per heavy atom. The number of nitrogens with zero attached hydrogens (tertiary/aromatic N) is 2. The second-order valence-corrected chi connectivity index (χ2v) is 7.14. The number of hydrogen-bond acceptors (Lipinski definition) is 4. The van der Waals surface area contributed by atoms with E-state index in [1.165, 1.54) is 0 Å². The van der Waals surface area contributed by atoms with Crippen LogP contribution < -0.4 is 20.1 Å². The van der Waals surface area contributed by atoms with E-state index in [9.17, 15) is 4.79 Å². The van der Waals surface area contributed by atoms with E-state index in [-0.39, 0.29) is 35.9 Å². The highest BCUT2D eigenvalue weighted by atomic mass is 127. The van der Waals surface area contributed by atoms with E-state index < -0.39 is 0 Å². The number of benzene rings is 1. The summed E-state index contributed by atoms with van der Waals surface area (Å²) in [6, 6.07) is 6.13. The van der Waals surface area contributed by atoms with Crippen molar-refractivity contribution < 1.29 is 14.3 Å². The molecule has 0 radical (unpaired) electrons. The normalized spacial score (nSPS) is 17.4. The van der Waals surface area contributed by atoms with Crippen molar-refractivity contribution in [2.75, 3.05) is 38.2 Å². The third kappa shape index (κ3) is 6.65. The van der Waals surface area contributed by atoms with Crippen LogP contribution in [-0.2, 0) is 4.79 Å². The van der Waals surface area contributed by atoms with Crippen molar-refractivity contribution in [3.63, 3.8) is 0 Å². The molecule has 0 spiro atoms. The Kier molecular flexibility index (Phi) is 9.83. The van der Waals surface area contributed by atoms with Crippen LogP contribution in [0.2, 0.25) is 0 Å². The fraction of sp³-hybridized carbons (Fsp3) is 0.619. The first kappa shape index (κ1) is 23.6. The second-order valence-electron chi connectivity index (χ2n) is 7.14. The van der Waals surface area contributed by atoms with Gasteiger partial charge in [-0.1, -0.05) is 6.92 Å². The number of fused-ring (bicyclic) bond motifs is 1.